The molecule has 6 rings (SSSR count). The molecule has 0 aliphatic rings. The van der Waals surface area contributed by atoms with Gasteiger partial charge >= 0.3 is 0 Å². The number of nitrogens with zero attached hydrogens (tertiary/aromatic N) is 5. The van der Waals surface area contributed by atoms with Gasteiger partial charge in [0.05, 0.1) is 36.1 Å². The minimum absolute atomic E-state index is 0.0352. The number of rotatable bonds is 9. The molecule has 0 bridgehead atoms. The summed E-state index contributed by atoms with van der Waals surface area (Å²) < 4.78 is 40.1. The maximum Gasteiger partial charge on any atom is 0.238 e. The smallest absolute Gasteiger partial charge is 0.238 e. The van der Waals surface area contributed by atoms with Crippen molar-refractivity contribution in [2.75, 3.05) is 32.2 Å². The average molecular weight is 614 g/mol. The van der Waals surface area contributed by atoms with Crippen LogP contribution in [0.2, 0.25) is 0 Å². The summed E-state index contributed by atoms with van der Waals surface area (Å²) in [6, 6.07) is 11.9. The van der Waals surface area contributed by atoms with E-state index in [1.807, 2.05) is 32.3 Å². The third-order valence-corrected chi connectivity index (χ3v) is 7.50. The van der Waals surface area contributed by atoms with E-state index in [0.717, 1.165) is 33.7 Å². The number of H-pyrrole nitrogens is 2. The Bertz CT molecular complexity index is 2140. The standard InChI is InChI=1S/C30H28FN9O3S/c1-40(2)16-27(41)36-22-9-19(13-32-15-22)20-10-25-28(38-39-30(25)34-14-20)26-11-24-23(4-5-33-29(24)37-26)18-6-17(7-21(31)8-18)12-35-44(3,42)43/h4-11,13-15,35H,12,16H2,1-3H3,(H,33,37)(H,36,41)(H,34,38,39). The highest BCUT2D eigenvalue weighted by Crippen LogP contribution is 2.34. The largest absolute Gasteiger partial charge is 0.338 e. The fourth-order valence-corrected chi connectivity index (χ4v) is 5.38. The van der Waals surface area contributed by atoms with Gasteiger partial charge in [-0.2, -0.15) is 5.10 Å². The number of carbonyl (C=O) groups excluding carboxylic acids is 1. The lowest BCUT2D eigenvalue weighted by molar-refractivity contribution is -0.116. The second-order valence-electron chi connectivity index (χ2n) is 10.7. The van der Waals surface area contributed by atoms with Gasteiger partial charge in [0.2, 0.25) is 15.9 Å². The van der Waals surface area contributed by atoms with Crippen molar-refractivity contribution in [3.63, 3.8) is 0 Å². The van der Waals surface area contributed by atoms with Crippen molar-refractivity contribution in [2.24, 2.45) is 0 Å². The lowest BCUT2D eigenvalue weighted by Crippen LogP contribution is -2.27. The van der Waals surface area contributed by atoms with Crippen LogP contribution in [0.3, 0.4) is 0 Å². The first-order valence-corrected chi connectivity index (χ1v) is 15.4. The average Bonchev–Trinajstić information content (AvgIpc) is 3.59. The third kappa shape index (κ3) is 6.32. The summed E-state index contributed by atoms with van der Waals surface area (Å²) in [7, 11) is 0.199. The predicted molar refractivity (Wildman–Crippen MR) is 166 cm³/mol. The summed E-state index contributed by atoms with van der Waals surface area (Å²) >= 11 is 0. The SMILES string of the molecule is CN(C)CC(=O)Nc1cncc(-c2cnc3n[nH]c(-c4cc5c(-c6cc(F)cc(CNS(C)(=O)=O)c6)ccnc5[nH]4)c3c2)c1. The zero-order valence-corrected chi connectivity index (χ0v) is 24.8. The van der Waals surface area contributed by atoms with Crippen molar-refractivity contribution >= 4 is 43.7 Å². The quantitative estimate of drug-likeness (QED) is 0.191. The van der Waals surface area contributed by atoms with Crippen LogP contribution in [0.1, 0.15) is 5.56 Å². The second-order valence-corrected chi connectivity index (χ2v) is 12.5. The van der Waals surface area contributed by atoms with Crippen LogP contribution in [-0.2, 0) is 21.4 Å². The van der Waals surface area contributed by atoms with E-state index < -0.39 is 15.8 Å². The van der Waals surface area contributed by atoms with Crippen LogP contribution in [0.25, 0.3) is 55.7 Å². The number of anilines is 1. The molecule has 0 saturated heterocycles. The summed E-state index contributed by atoms with van der Waals surface area (Å²) in [5.41, 5.74) is 6.36. The molecule has 6 aromatic rings. The number of amides is 1. The predicted octanol–water partition coefficient (Wildman–Crippen LogP) is 3.92. The number of likely N-dealkylation sites (N-methyl/N-ethyl adjacent to an activating group) is 1. The van der Waals surface area contributed by atoms with Crippen LogP contribution in [0.5, 0.6) is 0 Å². The van der Waals surface area contributed by atoms with E-state index >= 15 is 0 Å². The molecular weight excluding hydrogens is 585 g/mol. The Morgan fingerprint density at radius 2 is 1.80 bits per heavy atom. The highest BCUT2D eigenvalue weighted by atomic mass is 32.2. The van der Waals surface area contributed by atoms with E-state index in [1.165, 1.54) is 12.1 Å². The lowest BCUT2D eigenvalue weighted by atomic mass is 10.0. The molecule has 1 aromatic carbocycles. The first kappa shape index (κ1) is 29.0. The molecule has 0 aliphatic heterocycles. The van der Waals surface area contributed by atoms with Crippen LogP contribution < -0.4 is 10.0 Å². The third-order valence-electron chi connectivity index (χ3n) is 6.83. The van der Waals surface area contributed by atoms with Crippen LogP contribution in [0.4, 0.5) is 10.1 Å². The van der Waals surface area contributed by atoms with Gasteiger partial charge in [0.1, 0.15) is 11.5 Å². The minimum Gasteiger partial charge on any atom is -0.338 e. The molecule has 5 aromatic heterocycles. The number of carbonyl (C=O) groups is 1. The zero-order chi connectivity index (χ0) is 31.0. The van der Waals surface area contributed by atoms with E-state index in [1.54, 1.807) is 41.8 Å². The summed E-state index contributed by atoms with van der Waals surface area (Å²) in [4.78, 5) is 30.6. The number of aromatic nitrogens is 6. The Kier molecular flexibility index (Phi) is 7.63. The molecule has 44 heavy (non-hydrogen) atoms. The van der Waals surface area contributed by atoms with Gasteiger partial charge in [-0.1, -0.05) is 0 Å². The van der Waals surface area contributed by atoms with Crippen LogP contribution in [-0.4, -0.2) is 76.3 Å². The summed E-state index contributed by atoms with van der Waals surface area (Å²) in [5, 5.41) is 11.8. The van der Waals surface area contributed by atoms with Gasteiger partial charge in [0.25, 0.3) is 0 Å². The highest BCUT2D eigenvalue weighted by Gasteiger charge is 2.16. The molecule has 0 fully saturated rings. The molecule has 0 unspecified atom stereocenters. The second kappa shape index (κ2) is 11.6. The van der Waals surface area contributed by atoms with Gasteiger partial charge in [-0.25, -0.2) is 27.5 Å². The Morgan fingerprint density at radius 1 is 0.977 bits per heavy atom. The fraction of sp³-hybridized carbons (Fsp3) is 0.167. The number of nitrogens with one attached hydrogen (secondary N) is 4. The first-order valence-electron chi connectivity index (χ1n) is 13.5. The van der Waals surface area contributed by atoms with Gasteiger partial charge in [-0.15, -0.1) is 0 Å². The minimum atomic E-state index is -3.44. The number of hydrogen-bond donors (Lipinski definition) is 4. The Morgan fingerprint density at radius 3 is 2.59 bits per heavy atom. The number of hydrogen-bond acceptors (Lipinski definition) is 8. The van der Waals surface area contributed by atoms with Crippen molar-refractivity contribution < 1.29 is 17.6 Å². The van der Waals surface area contributed by atoms with Crippen molar-refractivity contribution in [1.82, 2.24) is 39.8 Å². The van der Waals surface area contributed by atoms with Crippen molar-refractivity contribution in [3.8, 4) is 33.6 Å². The van der Waals surface area contributed by atoms with Crippen molar-refractivity contribution in [1.29, 1.82) is 0 Å². The summed E-state index contributed by atoms with van der Waals surface area (Å²) in [6.07, 6.45) is 7.66. The molecule has 224 valence electrons. The highest BCUT2D eigenvalue weighted by molar-refractivity contribution is 7.88. The summed E-state index contributed by atoms with van der Waals surface area (Å²) in [6.45, 7) is 0.213. The van der Waals surface area contributed by atoms with E-state index in [-0.39, 0.29) is 19.0 Å². The molecule has 4 N–H and O–H groups in total. The van der Waals surface area contributed by atoms with Gasteiger partial charge < -0.3 is 15.2 Å². The number of fused-ring (bicyclic) bond motifs is 2. The Balaban J connectivity index is 1.36. The van der Waals surface area contributed by atoms with Crippen molar-refractivity contribution in [3.05, 3.63) is 78.6 Å². The fourth-order valence-electron chi connectivity index (χ4n) is 4.95. The molecule has 0 aliphatic carbocycles. The van der Waals surface area contributed by atoms with E-state index in [2.05, 4.69) is 40.2 Å². The first-order chi connectivity index (χ1) is 21.0. The maximum atomic E-state index is 14.6. The van der Waals surface area contributed by atoms with E-state index in [4.69, 9.17) is 0 Å². The molecule has 1 amide bonds. The normalized spacial score (nSPS) is 11.9. The molecule has 0 radical (unpaired) electrons. The molecule has 0 saturated carbocycles. The van der Waals surface area contributed by atoms with E-state index in [0.29, 0.717) is 39.5 Å². The number of pyridine rings is 3. The van der Waals surface area contributed by atoms with Gasteiger partial charge in [0.15, 0.2) is 5.65 Å². The van der Waals surface area contributed by atoms with Crippen molar-refractivity contribution in [2.45, 2.75) is 6.54 Å². The number of aromatic amines is 2. The van der Waals surface area contributed by atoms with E-state index in [9.17, 15) is 17.6 Å². The Hall–Kier alpha value is -5.05. The Labute approximate surface area is 251 Å². The van der Waals surface area contributed by atoms with Crippen LogP contribution in [0.15, 0.2) is 67.3 Å². The number of halogens is 1. The molecule has 5 heterocycles. The number of sulfonamides is 1. The van der Waals surface area contributed by atoms with Crippen LogP contribution >= 0.6 is 0 Å². The lowest BCUT2D eigenvalue weighted by Gasteiger charge is -2.10. The molecule has 0 atom stereocenters. The summed E-state index contributed by atoms with van der Waals surface area (Å²) in [5.74, 6) is -0.631. The topological polar surface area (TPSA) is 162 Å². The monoisotopic (exact) mass is 613 g/mol. The molecule has 12 nitrogen and oxygen atoms in total. The molecular formula is C30H28FN9O3S. The number of benzene rings is 1. The van der Waals surface area contributed by atoms with Gasteiger partial charge in [-0.3, -0.25) is 14.9 Å². The van der Waals surface area contributed by atoms with Gasteiger partial charge in [-0.05, 0) is 73.3 Å². The molecule has 14 heteroatoms. The maximum absolute atomic E-state index is 14.6. The molecule has 0 spiro atoms. The van der Waals surface area contributed by atoms with Crippen LogP contribution in [0, 0.1) is 5.82 Å². The zero-order valence-electron chi connectivity index (χ0n) is 24.0. The van der Waals surface area contributed by atoms with Gasteiger partial charge in [0, 0.05) is 47.0 Å².